The number of benzene rings is 1. The standard InChI is InChI=1S/C19H22N4O3/c1-26-19(25)15-23-18(24)8-7-17(20-23)22-13-11-21(12-14-22)10-9-16-5-3-2-4-6-16/h2-10H,11-15H2,1H3/b10-9+. The first-order valence-corrected chi connectivity index (χ1v) is 8.53. The molecule has 0 aliphatic carbocycles. The van der Waals surface area contributed by atoms with Gasteiger partial charge in [-0.15, -0.1) is 0 Å². The monoisotopic (exact) mass is 354 g/mol. The second-order valence-electron chi connectivity index (χ2n) is 6.01. The highest BCUT2D eigenvalue weighted by Gasteiger charge is 2.17. The van der Waals surface area contributed by atoms with Gasteiger partial charge in [0.1, 0.15) is 12.4 Å². The summed E-state index contributed by atoms with van der Waals surface area (Å²) in [6.07, 6.45) is 4.21. The van der Waals surface area contributed by atoms with Crippen LogP contribution in [0.1, 0.15) is 5.56 Å². The molecule has 0 saturated carbocycles. The van der Waals surface area contributed by atoms with Crippen molar-refractivity contribution < 1.29 is 9.53 Å². The lowest BCUT2D eigenvalue weighted by Crippen LogP contribution is -2.45. The fraction of sp³-hybridized carbons (Fsp3) is 0.316. The fourth-order valence-corrected chi connectivity index (χ4v) is 2.76. The number of carbonyl (C=O) groups excluding carboxylic acids is 1. The summed E-state index contributed by atoms with van der Waals surface area (Å²) in [5.41, 5.74) is 0.857. The number of esters is 1. The third kappa shape index (κ3) is 4.50. The predicted octanol–water partition coefficient (Wildman–Crippen LogP) is 1.21. The van der Waals surface area contributed by atoms with Crippen molar-refractivity contribution >= 4 is 17.9 Å². The molecule has 0 atom stereocenters. The fourth-order valence-electron chi connectivity index (χ4n) is 2.76. The van der Waals surface area contributed by atoms with E-state index in [1.54, 1.807) is 6.07 Å². The van der Waals surface area contributed by atoms with Gasteiger partial charge in [0.05, 0.1) is 7.11 Å². The van der Waals surface area contributed by atoms with E-state index in [-0.39, 0.29) is 12.1 Å². The zero-order valence-corrected chi connectivity index (χ0v) is 14.7. The maximum absolute atomic E-state index is 11.8. The maximum atomic E-state index is 11.8. The van der Waals surface area contributed by atoms with Crippen LogP contribution >= 0.6 is 0 Å². The smallest absolute Gasteiger partial charge is 0.327 e. The maximum Gasteiger partial charge on any atom is 0.327 e. The summed E-state index contributed by atoms with van der Waals surface area (Å²) in [5, 5.41) is 4.30. The summed E-state index contributed by atoms with van der Waals surface area (Å²) < 4.78 is 5.75. The molecule has 1 saturated heterocycles. The number of aromatic nitrogens is 2. The molecule has 0 unspecified atom stereocenters. The number of hydrogen-bond donors (Lipinski definition) is 0. The molecule has 1 aromatic carbocycles. The molecular weight excluding hydrogens is 332 g/mol. The molecule has 1 aliphatic rings. The molecule has 0 amide bonds. The van der Waals surface area contributed by atoms with Gasteiger partial charge in [-0.25, -0.2) is 4.68 Å². The Morgan fingerprint density at radius 2 is 1.85 bits per heavy atom. The van der Waals surface area contributed by atoms with Crippen LogP contribution in [0.4, 0.5) is 5.82 Å². The number of anilines is 1. The number of nitrogens with zero attached hydrogens (tertiary/aromatic N) is 4. The molecule has 0 N–H and O–H groups in total. The van der Waals surface area contributed by atoms with E-state index in [1.165, 1.54) is 18.7 Å². The molecule has 136 valence electrons. The van der Waals surface area contributed by atoms with E-state index in [0.717, 1.165) is 30.9 Å². The van der Waals surface area contributed by atoms with Crippen molar-refractivity contribution in [2.45, 2.75) is 6.54 Å². The number of hydrogen-bond acceptors (Lipinski definition) is 6. The summed E-state index contributed by atoms with van der Waals surface area (Å²) in [6, 6.07) is 13.3. The zero-order chi connectivity index (χ0) is 18.4. The highest BCUT2D eigenvalue weighted by molar-refractivity contribution is 5.68. The van der Waals surface area contributed by atoms with E-state index in [0.29, 0.717) is 5.82 Å². The highest BCUT2D eigenvalue weighted by atomic mass is 16.5. The normalized spacial score (nSPS) is 14.7. The number of ether oxygens (including phenoxy) is 1. The summed E-state index contributed by atoms with van der Waals surface area (Å²) in [7, 11) is 1.29. The Labute approximate surface area is 152 Å². The third-order valence-corrected chi connectivity index (χ3v) is 4.27. The van der Waals surface area contributed by atoms with Gasteiger partial charge < -0.3 is 14.5 Å². The van der Waals surface area contributed by atoms with E-state index in [9.17, 15) is 9.59 Å². The van der Waals surface area contributed by atoms with Crippen LogP contribution in [0, 0.1) is 0 Å². The van der Waals surface area contributed by atoms with Gasteiger partial charge in [0.25, 0.3) is 5.56 Å². The van der Waals surface area contributed by atoms with Crippen molar-refractivity contribution in [3.63, 3.8) is 0 Å². The van der Waals surface area contributed by atoms with Crippen LogP contribution in [0.25, 0.3) is 6.08 Å². The lowest BCUT2D eigenvalue weighted by molar-refractivity contribution is -0.141. The Balaban J connectivity index is 1.61. The minimum Gasteiger partial charge on any atom is -0.468 e. The van der Waals surface area contributed by atoms with Crippen molar-refractivity contribution in [3.8, 4) is 0 Å². The lowest BCUT2D eigenvalue weighted by Gasteiger charge is -2.34. The summed E-state index contributed by atoms with van der Waals surface area (Å²) in [4.78, 5) is 27.6. The van der Waals surface area contributed by atoms with Crippen molar-refractivity contribution in [2.24, 2.45) is 0 Å². The van der Waals surface area contributed by atoms with Gasteiger partial charge in [-0.2, -0.15) is 5.10 Å². The zero-order valence-electron chi connectivity index (χ0n) is 14.7. The molecule has 0 radical (unpaired) electrons. The molecule has 1 aliphatic heterocycles. The Bertz CT molecular complexity index is 824. The minimum atomic E-state index is -0.493. The summed E-state index contributed by atoms with van der Waals surface area (Å²) >= 11 is 0. The molecular formula is C19H22N4O3. The largest absolute Gasteiger partial charge is 0.468 e. The van der Waals surface area contributed by atoms with Crippen molar-refractivity contribution in [2.75, 3.05) is 38.2 Å². The van der Waals surface area contributed by atoms with Crippen molar-refractivity contribution in [3.05, 3.63) is 64.6 Å². The molecule has 0 bridgehead atoms. The lowest BCUT2D eigenvalue weighted by atomic mass is 10.2. The average Bonchev–Trinajstić information content (AvgIpc) is 2.69. The molecule has 2 heterocycles. The Kier molecular flexibility index (Phi) is 5.68. The van der Waals surface area contributed by atoms with Crippen LogP contribution in [0.3, 0.4) is 0 Å². The number of piperazine rings is 1. The number of rotatable bonds is 5. The average molecular weight is 354 g/mol. The molecule has 3 rings (SSSR count). The van der Waals surface area contributed by atoms with Gasteiger partial charge in [-0.3, -0.25) is 9.59 Å². The molecule has 2 aromatic rings. The van der Waals surface area contributed by atoms with E-state index < -0.39 is 5.97 Å². The SMILES string of the molecule is COC(=O)Cn1nc(N2CCN(/C=C/c3ccccc3)CC2)ccc1=O. The predicted molar refractivity (Wildman–Crippen MR) is 99.8 cm³/mol. The first-order valence-electron chi connectivity index (χ1n) is 8.53. The topological polar surface area (TPSA) is 67.7 Å². The van der Waals surface area contributed by atoms with E-state index in [1.807, 2.05) is 18.2 Å². The highest BCUT2D eigenvalue weighted by Crippen LogP contribution is 2.12. The van der Waals surface area contributed by atoms with Crippen molar-refractivity contribution in [1.82, 2.24) is 14.7 Å². The molecule has 1 fully saturated rings. The van der Waals surface area contributed by atoms with E-state index in [2.05, 4.69) is 44.0 Å². The minimum absolute atomic E-state index is 0.178. The Morgan fingerprint density at radius 3 is 2.54 bits per heavy atom. The molecule has 26 heavy (non-hydrogen) atoms. The summed E-state index contributed by atoms with van der Waals surface area (Å²) in [5.74, 6) is 0.202. The van der Waals surface area contributed by atoms with E-state index in [4.69, 9.17) is 0 Å². The van der Waals surface area contributed by atoms with Gasteiger partial charge in [0, 0.05) is 32.2 Å². The van der Waals surface area contributed by atoms with Gasteiger partial charge in [-0.05, 0) is 23.9 Å². The summed E-state index contributed by atoms with van der Waals surface area (Å²) in [6.45, 7) is 3.14. The second kappa shape index (κ2) is 8.33. The van der Waals surface area contributed by atoms with Crippen LogP contribution in [0.15, 0.2) is 53.5 Å². The van der Waals surface area contributed by atoms with Gasteiger partial charge >= 0.3 is 5.97 Å². The molecule has 7 nitrogen and oxygen atoms in total. The van der Waals surface area contributed by atoms with Crippen molar-refractivity contribution in [1.29, 1.82) is 0 Å². The molecule has 7 heteroatoms. The first kappa shape index (κ1) is 17.7. The quantitative estimate of drug-likeness (QED) is 0.752. The van der Waals surface area contributed by atoms with Crippen LogP contribution in [0.2, 0.25) is 0 Å². The van der Waals surface area contributed by atoms with Crippen LogP contribution in [0.5, 0.6) is 0 Å². The first-order chi connectivity index (χ1) is 12.7. The van der Waals surface area contributed by atoms with Crippen LogP contribution < -0.4 is 10.5 Å². The Hall–Kier alpha value is -3.09. The number of methoxy groups -OCH3 is 1. The van der Waals surface area contributed by atoms with Gasteiger partial charge in [0.15, 0.2) is 0 Å². The van der Waals surface area contributed by atoms with Crippen LogP contribution in [-0.4, -0.2) is 53.9 Å². The third-order valence-electron chi connectivity index (χ3n) is 4.27. The second-order valence-corrected chi connectivity index (χ2v) is 6.01. The van der Waals surface area contributed by atoms with Gasteiger partial charge in [0.2, 0.25) is 0 Å². The van der Waals surface area contributed by atoms with Crippen LogP contribution in [-0.2, 0) is 16.1 Å². The van der Waals surface area contributed by atoms with Gasteiger partial charge in [-0.1, -0.05) is 30.3 Å². The molecule has 1 aromatic heterocycles. The van der Waals surface area contributed by atoms with E-state index >= 15 is 0 Å². The number of carbonyl (C=O) groups is 1. The Morgan fingerprint density at radius 1 is 1.12 bits per heavy atom. The molecule has 0 spiro atoms.